The highest BCUT2D eigenvalue weighted by atomic mass is 16.5. The van der Waals surface area contributed by atoms with Crippen LogP contribution in [0.4, 0.5) is 0 Å². The Bertz CT molecular complexity index is 851. The van der Waals surface area contributed by atoms with E-state index in [1.807, 2.05) is 18.2 Å². The molecule has 0 saturated carbocycles. The van der Waals surface area contributed by atoms with Crippen LogP contribution in [0.2, 0.25) is 0 Å². The Morgan fingerprint density at radius 3 is 2.31 bits per heavy atom. The molecule has 0 aromatic heterocycles. The Hall–Kier alpha value is -3.22. The van der Waals surface area contributed by atoms with Crippen molar-refractivity contribution < 1.29 is 23.8 Å². The fourth-order valence-corrected chi connectivity index (χ4v) is 2.65. The van der Waals surface area contributed by atoms with E-state index in [0.717, 1.165) is 5.56 Å². The Morgan fingerprint density at radius 2 is 1.66 bits per heavy atom. The first-order valence-corrected chi connectivity index (χ1v) is 9.25. The largest absolute Gasteiger partial charge is 0.493 e. The maximum Gasteiger partial charge on any atom is 0.259 e. The average molecular weight is 400 g/mol. The Morgan fingerprint density at radius 1 is 0.931 bits per heavy atom. The van der Waals surface area contributed by atoms with Gasteiger partial charge in [0.2, 0.25) is 0 Å². The van der Waals surface area contributed by atoms with Gasteiger partial charge in [-0.2, -0.15) is 0 Å². The van der Waals surface area contributed by atoms with Crippen molar-refractivity contribution in [3.8, 4) is 17.2 Å². The molecule has 0 N–H and O–H groups in total. The standard InChI is InChI=1S/C22H28N2O5/c1-23(2)21(25)15-29-18-8-6-7-17(14-18)22(26)24(3)12-11-16-9-10-19(27-4)20(13-16)28-5/h6-10,13-14H,11-12,15H2,1-5H3. The van der Waals surface area contributed by atoms with Crippen molar-refractivity contribution in [1.29, 1.82) is 0 Å². The topological polar surface area (TPSA) is 68.3 Å². The van der Waals surface area contributed by atoms with E-state index in [0.29, 0.717) is 35.8 Å². The van der Waals surface area contributed by atoms with Crippen LogP contribution in [0.15, 0.2) is 42.5 Å². The lowest BCUT2D eigenvalue weighted by Crippen LogP contribution is -2.29. The summed E-state index contributed by atoms with van der Waals surface area (Å²) in [7, 11) is 8.28. The number of hydrogen-bond acceptors (Lipinski definition) is 5. The second-order valence-corrected chi connectivity index (χ2v) is 6.77. The fraction of sp³-hybridized carbons (Fsp3) is 0.364. The number of rotatable bonds is 9. The molecule has 2 rings (SSSR count). The van der Waals surface area contributed by atoms with E-state index >= 15 is 0 Å². The number of likely N-dealkylation sites (N-methyl/N-ethyl adjacent to an activating group) is 2. The van der Waals surface area contributed by atoms with Gasteiger partial charge in [-0.25, -0.2) is 0 Å². The van der Waals surface area contributed by atoms with Crippen LogP contribution in [0, 0.1) is 0 Å². The van der Waals surface area contributed by atoms with Gasteiger partial charge >= 0.3 is 0 Å². The third-order valence-corrected chi connectivity index (χ3v) is 4.47. The summed E-state index contributed by atoms with van der Waals surface area (Å²) in [4.78, 5) is 27.5. The molecule has 0 aliphatic rings. The summed E-state index contributed by atoms with van der Waals surface area (Å²) in [5.74, 6) is 1.56. The second-order valence-electron chi connectivity index (χ2n) is 6.77. The normalized spacial score (nSPS) is 10.2. The molecule has 0 fully saturated rings. The van der Waals surface area contributed by atoms with Crippen LogP contribution < -0.4 is 14.2 Å². The van der Waals surface area contributed by atoms with Crippen LogP contribution in [-0.2, 0) is 11.2 Å². The molecular weight excluding hydrogens is 372 g/mol. The maximum absolute atomic E-state index is 12.7. The molecule has 0 unspecified atom stereocenters. The summed E-state index contributed by atoms with van der Waals surface area (Å²) in [5, 5.41) is 0. The number of methoxy groups -OCH3 is 2. The molecule has 0 heterocycles. The van der Waals surface area contributed by atoms with Crippen molar-refractivity contribution in [1.82, 2.24) is 9.80 Å². The first kappa shape index (κ1) is 22.1. The van der Waals surface area contributed by atoms with E-state index in [2.05, 4.69) is 0 Å². The summed E-state index contributed by atoms with van der Waals surface area (Å²) in [6.45, 7) is 0.471. The van der Waals surface area contributed by atoms with E-state index in [1.165, 1.54) is 4.90 Å². The van der Waals surface area contributed by atoms with E-state index < -0.39 is 0 Å². The second kappa shape index (κ2) is 10.4. The molecule has 0 atom stereocenters. The minimum atomic E-state index is -0.145. The highest BCUT2D eigenvalue weighted by Gasteiger charge is 2.14. The van der Waals surface area contributed by atoms with Crippen LogP contribution in [0.1, 0.15) is 15.9 Å². The molecule has 0 spiro atoms. The minimum absolute atomic E-state index is 0.0697. The van der Waals surface area contributed by atoms with Crippen LogP contribution >= 0.6 is 0 Å². The van der Waals surface area contributed by atoms with Crippen LogP contribution in [0.3, 0.4) is 0 Å². The van der Waals surface area contributed by atoms with Crippen LogP contribution in [-0.4, -0.2) is 70.1 Å². The van der Waals surface area contributed by atoms with E-state index in [9.17, 15) is 9.59 Å². The molecule has 29 heavy (non-hydrogen) atoms. The van der Waals surface area contributed by atoms with E-state index in [4.69, 9.17) is 14.2 Å². The molecule has 0 radical (unpaired) electrons. The third kappa shape index (κ3) is 6.14. The van der Waals surface area contributed by atoms with Crippen LogP contribution in [0.25, 0.3) is 0 Å². The van der Waals surface area contributed by atoms with Crippen molar-refractivity contribution in [3.05, 3.63) is 53.6 Å². The highest BCUT2D eigenvalue weighted by molar-refractivity contribution is 5.94. The SMILES string of the molecule is COc1ccc(CCN(C)C(=O)c2cccc(OCC(=O)N(C)C)c2)cc1OC. The number of carbonyl (C=O) groups is 2. The zero-order valence-electron chi connectivity index (χ0n) is 17.6. The predicted molar refractivity (Wildman–Crippen MR) is 111 cm³/mol. The van der Waals surface area contributed by atoms with Gasteiger partial charge in [-0.15, -0.1) is 0 Å². The van der Waals surface area contributed by atoms with E-state index in [1.54, 1.807) is 64.5 Å². The number of carbonyl (C=O) groups excluding carboxylic acids is 2. The molecule has 2 amide bonds. The van der Waals surface area contributed by atoms with Crippen molar-refractivity contribution in [2.45, 2.75) is 6.42 Å². The highest BCUT2D eigenvalue weighted by Crippen LogP contribution is 2.27. The zero-order chi connectivity index (χ0) is 21.4. The average Bonchev–Trinajstić information content (AvgIpc) is 2.74. The number of hydrogen-bond donors (Lipinski definition) is 0. The quantitative estimate of drug-likeness (QED) is 0.647. The van der Waals surface area contributed by atoms with Gasteiger partial charge in [0.05, 0.1) is 14.2 Å². The Labute approximate surface area is 171 Å². The number of ether oxygens (including phenoxy) is 3. The minimum Gasteiger partial charge on any atom is -0.493 e. The first-order chi connectivity index (χ1) is 13.8. The maximum atomic E-state index is 12.7. The number of nitrogens with zero attached hydrogens (tertiary/aromatic N) is 2. The summed E-state index contributed by atoms with van der Waals surface area (Å²) < 4.78 is 16.1. The van der Waals surface area contributed by atoms with Crippen molar-refractivity contribution in [2.75, 3.05) is 48.5 Å². The summed E-state index contributed by atoms with van der Waals surface area (Å²) in [5.41, 5.74) is 1.55. The van der Waals surface area contributed by atoms with Gasteiger partial charge < -0.3 is 24.0 Å². The lowest BCUT2D eigenvalue weighted by Gasteiger charge is -2.18. The lowest BCUT2D eigenvalue weighted by molar-refractivity contribution is -0.130. The van der Waals surface area contributed by atoms with Crippen molar-refractivity contribution in [2.24, 2.45) is 0 Å². The van der Waals surface area contributed by atoms with Gasteiger partial charge in [-0.05, 0) is 42.3 Å². The van der Waals surface area contributed by atoms with Gasteiger partial charge in [0.1, 0.15) is 5.75 Å². The summed E-state index contributed by atoms with van der Waals surface area (Å²) >= 11 is 0. The first-order valence-electron chi connectivity index (χ1n) is 9.25. The fourth-order valence-electron chi connectivity index (χ4n) is 2.65. The molecule has 156 valence electrons. The molecule has 0 saturated heterocycles. The van der Waals surface area contributed by atoms with Gasteiger partial charge in [0, 0.05) is 33.3 Å². The Balaban J connectivity index is 1.98. The smallest absolute Gasteiger partial charge is 0.259 e. The molecule has 7 nitrogen and oxygen atoms in total. The van der Waals surface area contributed by atoms with Crippen LogP contribution in [0.5, 0.6) is 17.2 Å². The van der Waals surface area contributed by atoms with Gasteiger partial charge in [0.25, 0.3) is 11.8 Å². The molecule has 0 aliphatic carbocycles. The summed E-state index contributed by atoms with van der Waals surface area (Å²) in [6.07, 6.45) is 0.677. The molecule has 2 aromatic carbocycles. The molecule has 7 heteroatoms. The molecule has 2 aromatic rings. The third-order valence-electron chi connectivity index (χ3n) is 4.47. The van der Waals surface area contributed by atoms with E-state index in [-0.39, 0.29) is 18.4 Å². The monoisotopic (exact) mass is 400 g/mol. The van der Waals surface area contributed by atoms with Crippen molar-refractivity contribution in [3.63, 3.8) is 0 Å². The predicted octanol–water partition coefficient (Wildman–Crippen LogP) is 2.49. The number of amides is 2. The van der Waals surface area contributed by atoms with Gasteiger partial charge in [-0.1, -0.05) is 12.1 Å². The number of benzene rings is 2. The molecule has 0 aliphatic heterocycles. The lowest BCUT2D eigenvalue weighted by atomic mass is 10.1. The Kier molecular flexibility index (Phi) is 7.88. The van der Waals surface area contributed by atoms with Gasteiger partial charge in [-0.3, -0.25) is 9.59 Å². The van der Waals surface area contributed by atoms with Gasteiger partial charge in [0.15, 0.2) is 18.1 Å². The zero-order valence-corrected chi connectivity index (χ0v) is 17.6. The molecule has 0 bridgehead atoms. The van der Waals surface area contributed by atoms with Crippen molar-refractivity contribution >= 4 is 11.8 Å². The summed E-state index contributed by atoms with van der Waals surface area (Å²) in [6, 6.07) is 12.6. The molecular formula is C22H28N2O5.